The second-order valence-corrected chi connectivity index (χ2v) is 9.29. The third-order valence-corrected chi connectivity index (χ3v) is 6.48. The standard InChI is InChI=1S/C23H22ClN3O3S/c1-18-6-5-7-20(14-18)15-25-26-23(28)17-27(16-19-10-12-21(24)13-11-19)31(29,30)22-8-3-2-4-9-22/h2-15H,16-17H2,1H3,(H,26,28)/b25-15-. The second-order valence-electron chi connectivity index (χ2n) is 6.92. The smallest absolute Gasteiger partial charge is 0.255 e. The molecule has 0 aliphatic heterocycles. The molecular weight excluding hydrogens is 434 g/mol. The Labute approximate surface area is 187 Å². The Morgan fingerprint density at radius 3 is 2.42 bits per heavy atom. The maximum Gasteiger partial charge on any atom is 0.255 e. The molecule has 0 aliphatic carbocycles. The number of carbonyl (C=O) groups excluding carboxylic acids is 1. The van der Waals surface area contributed by atoms with E-state index in [2.05, 4.69) is 10.5 Å². The van der Waals surface area contributed by atoms with Crippen LogP contribution in [0.25, 0.3) is 0 Å². The third-order valence-electron chi connectivity index (χ3n) is 4.42. The summed E-state index contributed by atoms with van der Waals surface area (Å²) >= 11 is 5.92. The molecule has 1 amide bonds. The topological polar surface area (TPSA) is 78.8 Å². The van der Waals surface area contributed by atoms with Crippen molar-refractivity contribution in [2.75, 3.05) is 6.54 Å². The van der Waals surface area contributed by atoms with Crippen LogP contribution in [0.5, 0.6) is 0 Å². The number of rotatable bonds is 8. The molecule has 0 bridgehead atoms. The number of amides is 1. The fourth-order valence-corrected chi connectivity index (χ4v) is 4.42. The molecule has 31 heavy (non-hydrogen) atoms. The minimum atomic E-state index is -3.90. The van der Waals surface area contributed by atoms with Crippen molar-refractivity contribution >= 4 is 33.7 Å². The zero-order valence-electron chi connectivity index (χ0n) is 16.9. The first-order valence-corrected chi connectivity index (χ1v) is 11.3. The minimum Gasteiger partial charge on any atom is -0.272 e. The van der Waals surface area contributed by atoms with Crippen LogP contribution < -0.4 is 5.43 Å². The second kappa shape index (κ2) is 10.3. The molecule has 3 aromatic carbocycles. The van der Waals surface area contributed by atoms with Crippen LogP contribution in [0.15, 0.2) is 88.9 Å². The fraction of sp³-hybridized carbons (Fsp3) is 0.130. The van der Waals surface area contributed by atoms with Crippen LogP contribution in [0.3, 0.4) is 0 Å². The Hall–Kier alpha value is -3.00. The van der Waals surface area contributed by atoms with Crippen molar-refractivity contribution in [3.8, 4) is 0 Å². The summed E-state index contributed by atoms with van der Waals surface area (Å²) in [7, 11) is -3.90. The lowest BCUT2D eigenvalue weighted by atomic mass is 10.2. The van der Waals surface area contributed by atoms with E-state index in [-0.39, 0.29) is 18.0 Å². The van der Waals surface area contributed by atoms with Gasteiger partial charge in [-0.25, -0.2) is 13.8 Å². The van der Waals surface area contributed by atoms with Gasteiger partial charge in [0, 0.05) is 11.6 Å². The van der Waals surface area contributed by atoms with Gasteiger partial charge in [0.15, 0.2) is 0 Å². The van der Waals surface area contributed by atoms with Gasteiger partial charge in [-0.05, 0) is 42.3 Å². The van der Waals surface area contributed by atoms with Crippen molar-refractivity contribution in [1.29, 1.82) is 0 Å². The van der Waals surface area contributed by atoms with Crippen molar-refractivity contribution in [1.82, 2.24) is 9.73 Å². The number of sulfonamides is 1. The van der Waals surface area contributed by atoms with Crippen LogP contribution >= 0.6 is 11.6 Å². The zero-order chi connectivity index (χ0) is 22.3. The number of carbonyl (C=O) groups is 1. The van der Waals surface area contributed by atoms with Gasteiger partial charge in [0.2, 0.25) is 10.0 Å². The van der Waals surface area contributed by atoms with E-state index in [0.29, 0.717) is 10.6 Å². The number of hydrogen-bond donors (Lipinski definition) is 1. The van der Waals surface area contributed by atoms with Gasteiger partial charge in [-0.3, -0.25) is 4.79 Å². The van der Waals surface area contributed by atoms with Crippen molar-refractivity contribution in [3.05, 3.63) is 101 Å². The normalized spacial score (nSPS) is 11.7. The van der Waals surface area contributed by atoms with Crippen molar-refractivity contribution in [2.45, 2.75) is 18.4 Å². The molecule has 6 nitrogen and oxygen atoms in total. The summed E-state index contributed by atoms with van der Waals surface area (Å²) in [6, 6.07) is 22.4. The Balaban J connectivity index is 1.77. The summed E-state index contributed by atoms with van der Waals surface area (Å²) in [6.45, 7) is 1.59. The number of halogens is 1. The highest BCUT2D eigenvalue weighted by molar-refractivity contribution is 7.89. The van der Waals surface area contributed by atoms with E-state index in [1.165, 1.54) is 18.3 Å². The molecule has 0 aromatic heterocycles. The number of benzene rings is 3. The number of hydrogen-bond acceptors (Lipinski definition) is 4. The largest absolute Gasteiger partial charge is 0.272 e. The minimum absolute atomic E-state index is 0.0173. The molecule has 3 rings (SSSR count). The third kappa shape index (κ3) is 6.49. The van der Waals surface area contributed by atoms with Crippen LogP contribution in [0.4, 0.5) is 0 Å². The summed E-state index contributed by atoms with van der Waals surface area (Å²) in [5, 5.41) is 4.49. The summed E-state index contributed by atoms with van der Waals surface area (Å²) in [5.41, 5.74) is 5.01. The van der Waals surface area contributed by atoms with Crippen molar-refractivity contribution in [2.24, 2.45) is 5.10 Å². The molecule has 0 spiro atoms. The van der Waals surface area contributed by atoms with Crippen molar-refractivity contribution < 1.29 is 13.2 Å². The maximum absolute atomic E-state index is 13.2. The van der Waals surface area contributed by atoms with Crippen LogP contribution in [0.1, 0.15) is 16.7 Å². The summed E-state index contributed by atoms with van der Waals surface area (Å²) < 4.78 is 27.4. The average Bonchev–Trinajstić information content (AvgIpc) is 2.75. The predicted molar refractivity (Wildman–Crippen MR) is 122 cm³/mol. The molecule has 0 heterocycles. The molecule has 8 heteroatoms. The van der Waals surface area contributed by atoms with E-state index in [1.807, 2.05) is 31.2 Å². The fourth-order valence-electron chi connectivity index (χ4n) is 2.89. The van der Waals surface area contributed by atoms with Gasteiger partial charge >= 0.3 is 0 Å². The summed E-state index contributed by atoms with van der Waals surface area (Å²) in [5.74, 6) is -0.544. The van der Waals surface area contributed by atoms with Gasteiger partial charge < -0.3 is 0 Å². The predicted octanol–water partition coefficient (Wildman–Crippen LogP) is 3.99. The molecule has 0 radical (unpaired) electrons. The molecule has 0 atom stereocenters. The Kier molecular flexibility index (Phi) is 7.57. The number of nitrogens with one attached hydrogen (secondary N) is 1. The first-order valence-electron chi connectivity index (χ1n) is 9.53. The van der Waals surface area contributed by atoms with Crippen molar-refractivity contribution in [3.63, 3.8) is 0 Å². The first-order chi connectivity index (χ1) is 14.8. The van der Waals surface area contributed by atoms with Gasteiger partial charge in [-0.1, -0.05) is 71.8 Å². The monoisotopic (exact) mass is 455 g/mol. The quantitative estimate of drug-likeness (QED) is 0.412. The lowest BCUT2D eigenvalue weighted by molar-refractivity contribution is -0.121. The lowest BCUT2D eigenvalue weighted by Crippen LogP contribution is -2.39. The first kappa shape index (κ1) is 22.7. The zero-order valence-corrected chi connectivity index (χ0v) is 18.5. The highest BCUT2D eigenvalue weighted by Crippen LogP contribution is 2.19. The van der Waals surface area contributed by atoms with E-state index < -0.39 is 15.9 Å². The Morgan fingerprint density at radius 2 is 1.74 bits per heavy atom. The molecule has 0 saturated heterocycles. The Morgan fingerprint density at radius 1 is 1.03 bits per heavy atom. The van der Waals surface area contributed by atoms with E-state index in [1.54, 1.807) is 42.5 Å². The van der Waals surface area contributed by atoms with Gasteiger partial charge in [0.25, 0.3) is 5.91 Å². The van der Waals surface area contributed by atoms with Crippen LogP contribution in [0, 0.1) is 6.92 Å². The molecule has 0 fully saturated rings. The number of hydrazone groups is 1. The molecule has 0 unspecified atom stereocenters. The number of nitrogens with zero attached hydrogens (tertiary/aromatic N) is 2. The van der Waals surface area contributed by atoms with Crippen LogP contribution in [0.2, 0.25) is 5.02 Å². The molecule has 0 saturated carbocycles. The van der Waals surface area contributed by atoms with Crippen LogP contribution in [-0.4, -0.2) is 31.4 Å². The highest BCUT2D eigenvalue weighted by atomic mass is 35.5. The molecule has 3 aromatic rings. The van der Waals surface area contributed by atoms with E-state index >= 15 is 0 Å². The van der Waals surface area contributed by atoms with Gasteiger partial charge in [0.05, 0.1) is 17.7 Å². The van der Waals surface area contributed by atoms with Crippen LogP contribution in [-0.2, 0) is 21.4 Å². The van der Waals surface area contributed by atoms with E-state index in [9.17, 15) is 13.2 Å². The Bertz CT molecular complexity index is 1160. The number of aryl methyl sites for hydroxylation is 1. The highest BCUT2D eigenvalue weighted by Gasteiger charge is 2.26. The van der Waals surface area contributed by atoms with E-state index in [4.69, 9.17) is 11.6 Å². The SMILES string of the molecule is Cc1cccc(/C=N\NC(=O)CN(Cc2ccc(Cl)cc2)S(=O)(=O)c2ccccc2)c1. The van der Waals surface area contributed by atoms with Gasteiger partial charge in [-0.2, -0.15) is 9.41 Å². The summed E-state index contributed by atoms with van der Waals surface area (Å²) in [4.78, 5) is 12.6. The average molecular weight is 456 g/mol. The molecule has 160 valence electrons. The summed E-state index contributed by atoms with van der Waals surface area (Å²) in [6.07, 6.45) is 1.51. The maximum atomic E-state index is 13.2. The molecule has 1 N–H and O–H groups in total. The van der Waals surface area contributed by atoms with Gasteiger partial charge in [-0.15, -0.1) is 0 Å². The molecular formula is C23H22ClN3O3S. The molecule has 0 aliphatic rings. The van der Waals surface area contributed by atoms with Gasteiger partial charge in [0.1, 0.15) is 0 Å². The van der Waals surface area contributed by atoms with E-state index in [0.717, 1.165) is 15.4 Å². The lowest BCUT2D eigenvalue weighted by Gasteiger charge is -2.21.